The average Bonchev–Trinajstić information content (AvgIpc) is 3.12. The SMILES string of the molecule is c1ccc([C@@H]2C[C@@H](c3ccccc3)N3c4ccccc4[C@H]4CCC[C@H]2[C@@H]43)cc1. The van der Waals surface area contributed by atoms with E-state index in [2.05, 4.69) is 89.8 Å². The highest BCUT2D eigenvalue weighted by Crippen LogP contribution is 2.60. The Balaban J connectivity index is 1.52. The summed E-state index contributed by atoms with van der Waals surface area (Å²) in [6.07, 6.45) is 5.30. The van der Waals surface area contributed by atoms with E-state index in [-0.39, 0.29) is 0 Å². The molecule has 3 aromatic carbocycles. The van der Waals surface area contributed by atoms with Crippen molar-refractivity contribution in [2.45, 2.75) is 49.6 Å². The van der Waals surface area contributed by atoms with E-state index >= 15 is 0 Å². The lowest BCUT2D eigenvalue weighted by molar-refractivity contribution is 0.176. The summed E-state index contributed by atoms with van der Waals surface area (Å²) in [5, 5.41) is 0. The predicted octanol–water partition coefficient (Wildman–Crippen LogP) is 6.69. The molecule has 3 aromatic rings. The molecule has 0 N–H and O–H groups in total. The third-order valence-corrected chi connectivity index (χ3v) is 7.58. The van der Waals surface area contributed by atoms with Crippen LogP contribution in [0.5, 0.6) is 0 Å². The topological polar surface area (TPSA) is 3.24 Å². The molecule has 3 aliphatic rings. The molecule has 140 valence electrons. The number of rotatable bonds is 2. The standard InChI is InChI=1S/C27H27N/c1-3-10-19(11-4-1)24-18-26(20-12-5-2-6-13-20)28-25-17-8-7-14-21(25)22-15-9-16-23(24)27(22)28/h1-8,10-14,17,22-24,26-27H,9,15-16,18H2/t22-,23-,24+,26+,27-/m1/s1. The van der Waals surface area contributed by atoms with Gasteiger partial charge in [-0.05, 0) is 53.9 Å². The average molecular weight is 366 g/mol. The van der Waals surface area contributed by atoms with Crippen LogP contribution in [0.2, 0.25) is 0 Å². The van der Waals surface area contributed by atoms with Crippen molar-refractivity contribution >= 4 is 5.69 Å². The smallest absolute Gasteiger partial charge is 0.0551 e. The van der Waals surface area contributed by atoms with E-state index in [0.717, 1.165) is 5.92 Å². The van der Waals surface area contributed by atoms with Crippen molar-refractivity contribution in [3.05, 3.63) is 102 Å². The Morgan fingerprint density at radius 1 is 0.643 bits per heavy atom. The van der Waals surface area contributed by atoms with Crippen LogP contribution in [0.25, 0.3) is 0 Å². The van der Waals surface area contributed by atoms with Gasteiger partial charge in [-0.15, -0.1) is 0 Å². The largest absolute Gasteiger partial charge is 0.360 e. The molecule has 1 saturated carbocycles. The van der Waals surface area contributed by atoms with Crippen molar-refractivity contribution in [2.75, 3.05) is 4.90 Å². The Bertz CT molecular complexity index is 964. The highest BCUT2D eigenvalue weighted by Gasteiger charge is 2.53. The number of fused-ring (bicyclic) bond motifs is 3. The number of hydrogen-bond donors (Lipinski definition) is 0. The van der Waals surface area contributed by atoms with Crippen LogP contribution in [0.4, 0.5) is 5.69 Å². The minimum Gasteiger partial charge on any atom is -0.360 e. The number of benzene rings is 3. The van der Waals surface area contributed by atoms with Gasteiger partial charge in [-0.25, -0.2) is 0 Å². The van der Waals surface area contributed by atoms with E-state index in [4.69, 9.17) is 0 Å². The molecule has 0 amide bonds. The molecule has 0 spiro atoms. The van der Waals surface area contributed by atoms with E-state index in [0.29, 0.717) is 23.9 Å². The summed E-state index contributed by atoms with van der Waals surface area (Å²) in [5.41, 5.74) is 6.13. The van der Waals surface area contributed by atoms with Crippen molar-refractivity contribution in [3.8, 4) is 0 Å². The van der Waals surface area contributed by atoms with Gasteiger partial charge in [-0.2, -0.15) is 0 Å². The Morgan fingerprint density at radius 3 is 2.11 bits per heavy atom. The summed E-state index contributed by atoms with van der Waals surface area (Å²) >= 11 is 0. The molecule has 1 heteroatoms. The normalized spacial score (nSPS) is 30.6. The Kier molecular flexibility index (Phi) is 3.82. The highest BCUT2D eigenvalue weighted by molar-refractivity contribution is 5.65. The summed E-state index contributed by atoms with van der Waals surface area (Å²) in [7, 11) is 0. The van der Waals surface area contributed by atoms with Gasteiger partial charge in [-0.1, -0.05) is 85.3 Å². The van der Waals surface area contributed by atoms with Crippen molar-refractivity contribution in [2.24, 2.45) is 5.92 Å². The molecule has 0 unspecified atom stereocenters. The van der Waals surface area contributed by atoms with Crippen molar-refractivity contribution in [1.82, 2.24) is 0 Å². The molecule has 2 heterocycles. The van der Waals surface area contributed by atoms with E-state index in [1.165, 1.54) is 36.9 Å². The van der Waals surface area contributed by atoms with Gasteiger partial charge in [0.15, 0.2) is 0 Å². The number of anilines is 1. The van der Waals surface area contributed by atoms with E-state index < -0.39 is 0 Å². The summed E-state index contributed by atoms with van der Waals surface area (Å²) < 4.78 is 0. The van der Waals surface area contributed by atoms with Crippen molar-refractivity contribution in [1.29, 1.82) is 0 Å². The minimum atomic E-state index is 0.469. The second-order valence-corrected chi connectivity index (χ2v) is 8.84. The second-order valence-electron chi connectivity index (χ2n) is 8.84. The fraction of sp³-hybridized carbons (Fsp3) is 0.333. The molecule has 1 aliphatic carbocycles. The summed E-state index contributed by atoms with van der Waals surface area (Å²) in [6, 6.07) is 33.0. The maximum atomic E-state index is 2.83. The fourth-order valence-electron chi connectivity index (χ4n) is 6.55. The van der Waals surface area contributed by atoms with Gasteiger partial charge in [0.25, 0.3) is 0 Å². The van der Waals surface area contributed by atoms with Gasteiger partial charge in [0.2, 0.25) is 0 Å². The van der Waals surface area contributed by atoms with Crippen LogP contribution in [-0.4, -0.2) is 6.04 Å². The molecule has 0 bridgehead atoms. The van der Waals surface area contributed by atoms with Crippen LogP contribution in [0, 0.1) is 5.92 Å². The first-order valence-electron chi connectivity index (χ1n) is 10.9. The lowest BCUT2D eigenvalue weighted by atomic mass is 9.64. The lowest BCUT2D eigenvalue weighted by Crippen LogP contribution is -2.51. The zero-order chi connectivity index (χ0) is 18.5. The number of para-hydroxylation sites is 1. The molecule has 6 rings (SSSR count). The van der Waals surface area contributed by atoms with Crippen LogP contribution in [0.3, 0.4) is 0 Å². The third-order valence-electron chi connectivity index (χ3n) is 7.58. The summed E-state index contributed by atoms with van der Waals surface area (Å²) in [6.45, 7) is 0. The van der Waals surface area contributed by atoms with Crippen LogP contribution in [0.1, 0.15) is 60.3 Å². The van der Waals surface area contributed by atoms with Crippen molar-refractivity contribution in [3.63, 3.8) is 0 Å². The van der Waals surface area contributed by atoms with Gasteiger partial charge < -0.3 is 4.90 Å². The van der Waals surface area contributed by atoms with E-state index in [1.54, 1.807) is 11.1 Å². The third kappa shape index (κ3) is 2.38. The van der Waals surface area contributed by atoms with Gasteiger partial charge >= 0.3 is 0 Å². The second kappa shape index (κ2) is 6.51. The number of hydrogen-bond acceptors (Lipinski definition) is 1. The van der Waals surface area contributed by atoms with Crippen LogP contribution in [-0.2, 0) is 0 Å². The Morgan fingerprint density at radius 2 is 1.32 bits per heavy atom. The molecule has 0 aromatic heterocycles. The first kappa shape index (κ1) is 16.4. The molecule has 2 fully saturated rings. The zero-order valence-corrected chi connectivity index (χ0v) is 16.2. The molecule has 1 saturated heterocycles. The van der Waals surface area contributed by atoms with Gasteiger partial charge in [-0.3, -0.25) is 0 Å². The molecule has 1 nitrogen and oxygen atoms in total. The molecule has 2 aliphatic heterocycles. The molecule has 5 atom stereocenters. The van der Waals surface area contributed by atoms with Crippen LogP contribution in [0.15, 0.2) is 84.9 Å². The summed E-state index contributed by atoms with van der Waals surface area (Å²) in [4.78, 5) is 2.83. The number of nitrogens with zero attached hydrogens (tertiary/aromatic N) is 1. The van der Waals surface area contributed by atoms with E-state index in [1.807, 2.05) is 0 Å². The first-order chi connectivity index (χ1) is 13.9. The zero-order valence-electron chi connectivity index (χ0n) is 16.2. The monoisotopic (exact) mass is 365 g/mol. The van der Waals surface area contributed by atoms with Crippen LogP contribution < -0.4 is 4.90 Å². The van der Waals surface area contributed by atoms with Gasteiger partial charge in [0, 0.05) is 17.6 Å². The lowest BCUT2D eigenvalue weighted by Gasteiger charge is -2.52. The molecular weight excluding hydrogens is 338 g/mol. The highest BCUT2D eigenvalue weighted by atomic mass is 15.2. The van der Waals surface area contributed by atoms with Gasteiger partial charge in [0.1, 0.15) is 0 Å². The number of piperidine rings is 1. The van der Waals surface area contributed by atoms with Crippen LogP contribution >= 0.6 is 0 Å². The Hall–Kier alpha value is -2.54. The maximum Gasteiger partial charge on any atom is 0.0551 e. The molecule has 28 heavy (non-hydrogen) atoms. The van der Waals surface area contributed by atoms with Crippen molar-refractivity contribution < 1.29 is 0 Å². The first-order valence-corrected chi connectivity index (χ1v) is 10.9. The minimum absolute atomic E-state index is 0.469. The Labute approximate surface area is 168 Å². The summed E-state index contributed by atoms with van der Waals surface area (Å²) in [5.74, 6) is 2.12. The maximum absolute atomic E-state index is 2.83. The molecule has 0 radical (unpaired) electrons. The molecular formula is C27H27N. The van der Waals surface area contributed by atoms with Gasteiger partial charge in [0.05, 0.1) is 6.04 Å². The fourth-order valence-corrected chi connectivity index (χ4v) is 6.55. The van der Waals surface area contributed by atoms with E-state index in [9.17, 15) is 0 Å². The quantitative estimate of drug-likeness (QED) is 0.489. The predicted molar refractivity (Wildman–Crippen MR) is 116 cm³/mol.